The van der Waals surface area contributed by atoms with Gasteiger partial charge >= 0.3 is 0 Å². The Hall–Kier alpha value is -2.32. The smallest absolute Gasteiger partial charge is 0.243 e. The highest BCUT2D eigenvalue weighted by atomic mass is 35.5. The Morgan fingerprint density at radius 2 is 1.83 bits per heavy atom. The number of ether oxygens (including phenoxy) is 1. The van der Waals surface area contributed by atoms with Gasteiger partial charge in [-0.2, -0.15) is 0 Å². The molecule has 0 saturated heterocycles. The molecule has 5 rings (SSSR count). The molecule has 35 heavy (non-hydrogen) atoms. The molecule has 1 aromatic heterocycles. The predicted molar refractivity (Wildman–Crippen MR) is 141 cm³/mol. The van der Waals surface area contributed by atoms with Crippen LogP contribution in [0.1, 0.15) is 37.1 Å². The standard InChI is InChI=1S/C25H28ClN5O2.2ClH/c1-33-21-7-2-4-17(12-21)24-29-28-22-14-30(23(32)15-31(22)24)20-8-10-25(16-27,11-9-20)18-5-3-6-19(26)13-18;;/h2-7,12-13,20H,8-11,14-16,27H2,1H3;2*1H. The zero-order valence-corrected chi connectivity index (χ0v) is 21.9. The molecule has 1 saturated carbocycles. The molecule has 1 aliphatic carbocycles. The molecule has 0 radical (unpaired) electrons. The number of amides is 1. The second kappa shape index (κ2) is 11.2. The molecule has 1 amide bonds. The van der Waals surface area contributed by atoms with Gasteiger partial charge in [-0.25, -0.2) is 0 Å². The first kappa shape index (κ1) is 27.3. The van der Waals surface area contributed by atoms with Crippen molar-refractivity contribution in [1.82, 2.24) is 19.7 Å². The molecule has 2 heterocycles. The Morgan fingerprint density at radius 3 is 2.51 bits per heavy atom. The third-order valence-corrected chi connectivity index (χ3v) is 7.50. The van der Waals surface area contributed by atoms with Gasteiger partial charge < -0.3 is 15.4 Å². The Kier molecular flexibility index (Phi) is 8.70. The summed E-state index contributed by atoms with van der Waals surface area (Å²) in [4.78, 5) is 15.2. The van der Waals surface area contributed by atoms with Crippen LogP contribution in [0.25, 0.3) is 11.4 Å². The molecule has 3 aromatic rings. The summed E-state index contributed by atoms with van der Waals surface area (Å²) in [5.41, 5.74) is 8.26. The van der Waals surface area contributed by atoms with Crippen LogP contribution in [0, 0.1) is 0 Å². The molecular formula is C25H30Cl3N5O2. The van der Waals surface area contributed by atoms with E-state index in [1.807, 2.05) is 51.9 Å². The first-order valence-corrected chi connectivity index (χ1v) is 11.7. The predicted octanol–water partition coefficient (Wildman–Crippen LogP) is 4.63. The summed E-state index contributed by atoms with van der Waals surface area (Å²) in [5.74, 6) is 2.37. The van der Waals surface area contributed by atoms with Crippen molar-refractivity contribution in [2.75, 3.05) is 13.7 Å². The van der Waals surface area contributed by atoms with Gasteiger partial charge in [0.1, 0.15) is 12.3 Å². The highest BCUT2D eigenvalue weighted by Gasteiger charge is 2.40. The maximum atomic E-state index is 13.2. The molecule has 7 nitrogen and oxygen atoms in total. The minimum Gasteiger partial charge on any atom is -0.497 e. The van der Waals surface area contributed by atoms with Gasteiger partial charge in [-0.05, 0) is 55.5 Å². The third kappa shape index (κ3) is 5.14. The Morgan fingerprint density at radius 1 is 1.09 bits per heavy atom. The van der Waals surface area contributed by atoms with Gasteiger partial charge in [-0.3, -0.25) is 9.36 Å². The second-order valence-electron chi connectivity index (χ2n) is 9.01. The fourth-order valence-electron chi connectivity index (χ4n) is 5.29. The lowest BCUT2D eigenvalue weighted by Gasteiger charge is -2.44. The van der Waals surface area contributed by atoms with E-state index in [0.29, 0.717) is 18.9 Å². The van der Waals surface area contributed by atoms with Crippen molar-refractivity contribution in [3.63, 3.8) is 0 Å². The van der Waals surface area contributed by atoms with Crippen LogP contribution in [0.3, 0.4) is 0 Å². The van der Waals surface area contributed by atoms with Gasteiger partial charge in [0.2, 0.25) is 5.91 Å². The lowest BCUT2D eigenvalue weighted by molar-refractivity contribution is -0.137. The number of aromatic nitrogens is 3. The molecule has 0 atom stereocenters. The Balaban J connectivity index is 0.00000171. The highest BCUT2D eigenvalue weighted by molar-refractivity contribution is 6.30. The van der Waals surface area contributed by atoms with E-state index in [4.69, 9.17) is 22.1 Å². The SMILES string of the molecule is COc1cccc(-c2nnc3n2CC(=O)N(C2CCC(CN)(c4cccc(Cl)c4)CC2)C3)c1.Cl.Cl. The van der Waals surface area contributed by atoms with Crippen LogP contribution in [0.5, 0.6) is 5.75 Å². The number of rotatable bonds is 5. The van der Waals surface area contributed by atoms with Gasteiger partial charge in [0.05, 0.1) is 13.7 Å². The van der Waals surface area contributed by atoms with Crippen LogP contribution in [0.4, 0.5) is 0 Å². The number of halogens is 3. The largest absolute Gasteiger partial charge is 0.497 e. The maximum absolute atomic E-state index is 13.2. The molecule has 0 bridgehead atoms. The van der Waals surface area contributed by atoms with E-state index in [2.05, 4.69) is 16.3 Å². The normalized spacial score (nSPS) is 21.5. The number of hydrogen-bond acceptors (Lipinski definition) is 5. The lowest BCUT2D eigenvalue weighted by Crippen LogP contribution is -2.50. The summed E-state index contributed by atoms with van der Waals surface area (Å²) in [6.45, 7) is 1.31. The maximum Gasteiger partial charge on any atom is 0.243 e. The number of methoxy groups -OCH3 is 1. The molecule has 2 N–H and O–H groups in total. The number of fused-ring (bicyclic) bond motifs is 1. The van der Waals surface area contributed by atoms with E-state index < -0.39 is 0 Å². The van der Waals surface area contributed by atoms with Crippen LogP contribution in [0.2, 0.25) is 5.02 Å². The summed E-state index contributed by atoms with van der Waals surface area (Å²) in [6, 6.07) is 15.9. The quantitative estimate of drug-likeness (QED) is 0.512. The summed E-state index contributed by atoms with van der Waals surface area (Å²) >= 11 is 6.25. The monoisotopic (exact) mass is 537 g/mol. The van der Waals surface area contributed by atoms with Crippen LogP contribution in [-0.2, 0) is 23.3 Å². The van der Waals surface area contributed by atoms with Crippen molar-refractivity contribution in [2.45, 2.75) is 50.2 Å². The summed E-state index contributed by atoms with van der Waals surface area (Å²) in [5, 5.41) is 9.54. The van der Waals surface area contributed by atoms with Crippen LogP contribution in [0.15, 0.2) is 48.5 Å². The van der Waals surface area contributed by atoms with Crippen molar-refractivity contribution in [2.24, 2.45) is 5.73 Å². The van der Waals surface area contributed by atoms with E-state index in [0.717, 1.165) is 47.8 Å². The Bertz CT molecular complexity index is 1180. The highest BCUT2D eigenvalue weighted by Crippen LogP contribution is 2.41. The van der Waals surface area contributed by atoms with Crippen molar-refractivity contribution < 1.29 is 9.53 Å². The summed E-state index contributed by atoms with van der Waals surface area (Å²) in [6.07, 6.45) is 3.68. The van der Waals surface area contributed by atoms with Crippen LogP contribution < -0.4 is 10.5 Å². The number of nitrogens with two attached hydrogens (primary N) is 1. The van der Waals surface area contributed by atoms with E-state index in [1.54, 1.807) is 7.11 Å². The summed E-state index contributed by atoms with van der Waals surface area (Å²) < 4.78 is 7.25. The number of nitrogens with zero attached hydrogens (tertiary/aromatic N) is 4. The van der Waals surface area contributed by atoms with Crippen LogP contribution in [-0.4, -0.2) is 45.3 Å². The molecule has 188 valence electrons. The van der Waals surface area contributed by atoms with Gasteiger partial charge in [0, 0.05) is 28.6 Å². The van der Waals surface area contributed by atoms with E-state index >= 15 is 0 Å². The van der Waals surface area contributed by atoms with Crippen molar-refractivity contribution in [3.8, 4) is 17.1 Å². The summed E-state index contributed by atoms with van der Waals surface area (Å²) in [7, 11) is 1.63. The Labute approximate surface area is 222 Å². The minimum absolute atomic E-state index is 0. The van der Waals surface area contributed by atoms with E-state index in [9.17, 15) is 4.79 Å². The first-order chi connectivity index (χ1) is 16.0. The first-order valence-electron chi connectivity index (χ1n) is 11.3. The number of benzene rings is 2. The molecule has 0 spiro atoms. The second-order valence-corrected chi connectivity index (χ2v) is 9.44. The van der Waals surface area contributed by atoms with Gasteiger partial charge in [0.15, 0.2) is 11.6 Å². The zero-order chi connectivity index (χ0) is 23.0. The fraction of sp³-hybridized carbons (Fsp3) is 0.400. The molecule has 1 aliphatic heterocycles. The molecule has 0 unspecified atom stereocenters. The van der Waals surface area contributed by atoms with Crippen molar-refractivity contribution in [3.05, 3.63) is 64.9 Å². The molecule has 1 fully saturated rings. The van der Waals surface area contributed by atoms with E-state index in [-0.39, 0.29) is 48.7 Å². The topological polar surface area (TPSA) is 86.3 Å². The van der Waals surface area contributed by atoms with Crippen molar-refractivity contribution in [1.29, 1.82) is 0 Å². The number of carbonyl (C=O) groups excluding carboxylic acids is 1. The van der Waals surface area contributed by atoms with Crippen LogP contribution >= 0.6 is 36.4 Å². The zero-order valence-electron chi connectivity index (χ0n) is 19.5. The number of hydrogen-bond donors (Lipinski definition) is 1. The molecule has 2 aliphatic rings. The minimum atomic E-state index is -0.0835. The lowest BCUT2D eigenvalue weighted by atomic mass is 9.68. The van der Waals surface area contributed by atoms with Gasteiger partial charge in [-0.1, -0.05) is 35.9 Å². The van der Waals surface area contributed by atoms with Crippen molar-refractivity contribution >= 4 is 42.3 Å². The van der Waals surface area contributed by atoms with Gasteiger partial charge in [0.25, 0.3) is 0 Å². The van der Waals surface area contributed by atoms with Gasteiger partial charge in [-0.15, -0.1) is 35.0 Å². The molecule has 10 heteroatoms. The number of carbonyl (C=O) groups is 1. The molecule has 2 aromatic carbocycles. The fourth-order valence-corrected chi connectivity index (χ4v) is 5.48. The van der Waals surface area contributed by atoms with E-state index in [1.165, 1.54) is 5.56 Å². The molecular weight excluding hydrogens is 509 g/mol. The average molecular weight is 539 g/mol. The average Bonchev–Trinajstić information content (AvgIpc) is 3.26. The third-order valence-electron chi connectivity index (χ3n) is 7.26.